The van der Waals surface area contributed by atoms with E-state index < -0.39 is 22.0 Å². The summed E-state index contributed by atoms with van der Waals surface area (Å²) in [6.45, 7) is 1.37. The van der Waals surface area contributed by atoms with E-state index in [9.17, 15) is 18.0 Å². The van der Waals surface area contributed by atoms with E-state index >= 15 is 0 Å². The van der Waals surface area contributed by atoms with Crippen LogP contribution in [0.1, 0.15) is 24.9 Å². The van der Waals surface area contributed by atoms with Gasteiger partial charge in [0.25, 0.3) is 0 Å². The lowest BCUT2D eigenvalue weighted by Crippen LogP contribution is -2.29. The van der Waals surface area contributed by atoms with Crippen molar-refractivity contribution in [3.63, 3.8) is 0 Å². The Morgan fingerprint density at radius 3 is 2.19 bits per heavy atom. The van der Waals surface area contributed by atoms with E-state index in [0.29, 0.717) is 11.4 Å². The molecule has 0 heterocycles. The zero-order valence-corrected chi connectivity index (χ0v) is 18.9. The Kier molecular flexibility index (Phi) is 8.01. The molecular formula is C21H27N3O6S. The molecular weight excluding hydrogens is 422 g/mol. The van der Waals surface area contributed by atoms with Gasteiger partial charge in [0.1, 0.15) is 16.4 Å². The number of nitrogens with one attached hydrogen (secondary N) is 2. The number of sulfonamides is 1. The molecule has 2 aromatic rings. The summed E-state index contributed by atoms with van der Waals surface area (Å²) in [7, 11) is 1.96. The molecule has 2 aromatic carbocycles. The zero-order chi connectivity index (χ0) is 23.2. The number of anilines is 1. The maximum absolute atomic E-state index is 12.7. The molecule has 31 heavy (non-hydrogen) atoms. The number of methoxy groups -OCH3 is 2. The third-order valence-corrected chi connectivity index (χ3v) is 6.33. The second kappa shape index (κ2) is 10.3. The molecule has 0 spiro atoms. The van der Waals surface area contributed by atoms with Gasteiger partial charge in [-0.3, -0.25) is 9.59 Å². The average molecular weight is 450 g/mol. The third-order valence-electron chi connectivity index (χ3n) is 4.49. The number of carbonyl (C=O) groups is 2. The molecule has 10 heteroatoms. The van der Waals surface area contributed by atoms with E-state index in [-0.39, 0.29) is 23.0 Å². The number of hydrogen-bond donors (Lipinski definition) is 2. The lowest BCUT2D eigenvalue weighted by molar-refractivity contribution is -0.120. The van der Waals surface area contributed by atoms with Gasteiger partial charge in [-0.1, -0.05) is 12.1 Å². The molecule has 0 fully saturated rings. The molecule has 0 aliphatic carbocycles. The van der Waals surface area contributed by atoms with Crippen molar-refractivity contribution in [2.24, 2.45) is 0 Å². The van der Waals surface area contributed by atoms with Crippen molar-refractivity contribution in [2.45, 2.75) is 24.3 Å². The summed E-state index contributed by atoms with van der Waals surface area (Å²) in [5.41, 5.74) is 1.03. The van der Waals surface area contributed by atoms with Crippen LogP contribution < -0.4 is 20.1 Å². The van der Waals surface area contributed by atoms with Crippen LogP contribution in [0.3, 0.4) is 0 Å². The highest BCUT2D eigenvalue weighted by atomic mass is 32.2. The Labute approximate surface area is 182 Å². The monoisotopic (exact) mass is 449 g/mol. The van der Waals surface area contributed by atoms with Gasteiger partial charge >= 0.3 is 0 Å². The Balaban J connectivity index is 2.25. The van der Waals surface area contributed by atoms with Gasteiger partial charge in [-0.15, -0.1) is 0 Å². The number of amides is 2. The first kappa shape index (κ1) is 24.2. The van der Waals surface area contributed by atoms with Crippen molar-refractivity contribution in [1.82, 2.24) is 9.62 Å². The molecule has 2 N–H and O–H groups in total. The summed E-state index contributed by atoms with van der Waals surface area (Å²) < 4.78 is 36.5. The first-order chi connectivity index (χ1) is 14.6. The fourth-order valence-electron chi connectivity index (χ4n) is 2.88. The smallest absolute Gasteiger partial charge is 0.246 e. The topological polar surface area (TPSA) is 114 Å². The minimum absolute atomic E-state index is 0.0479. The number of carbonyl (C=O) groups excluding carboxylic acids is 2. The van der Waals surface area contributed by atoms with E-state index in [4.69, 9.17) is 9.47 Å². The number of hydrogen-bond acceptors (Lipinski definition) is 6. The van der Waals surface area contributed by atoms with Crippen LogP contribution in [0.5, 0.6) is 11.5 Å². The minimum atomic E-state index is -3.78. The fourth-order valence-corrected chi connectivity index (χ4v) is 3.96. The van der Waals surface area contributed by atoms with Gasteiger partial charge in [-0.2, -0.15) is 0 Å². The van der Waals surface area contributed by atoms with E-state index in [0.717, 1.165) is 9.87 Å². The van der Waals surface area contributed by atoms with E-state index in [1.807, 2.05) is 0 Å². The summed E-state index contributed by atoms with van der Waals surface area (Å²) in [6, 6.07) is 10.8. The molecule has 168 valence electrons. The fraction of sp³-hybridized carbons (Fsp3) is 0.333. The van der Waals surface area contributed by atoms with Gasteiger partial charge in [-0.25, -0.2) is 12.7 Å². The molecule has 0 radical (unpaired) electrons. The van der Waals surface area contributed by atoms with Crippen LogP contribution in [0.2, 0.25) is 0 Å². The van der Waals surface area contributed by atoms with Crippen LogP contribution in [-0.2, 0) is 19.6 Å². The number of nitrogens with zero attached hydrogens (tertiary/aromatic N) is 1. The highest BCUT2D eigenvalue weighted by molar-refractivity contribution is 7.89. The summed E-state index contributed by atoms with van der Waals surface area (Å²) in [6.07, 6.45) is -0.0479. The van der Waals surface area contributed by atoms with E-state index in [1.54, 1.807) is 37.4 Å². The molecule has 0 saturated carbocycles. The molecule has 0 aromatic heterocycles. The molecule has 1 unspecified atom stereocenters. The zero-order valence-electron chi connectivity index (χ0n) is 18.1. The van der Waals surface area contributed by atoms with Gasteiger partial charge in [0.2, 0.25) is 21.8 Å². The molecule has 2 rings (SSSR count). The molecule has 9 nitrogen and oxygen atoms in total. The summed E-state index contributed by atoms with van der Waals surface area (Å²) in [5, 5.41) is 5.44. The quantitative estimate of drug-likeness (QED) is 0.606. The average Bonchev–Trinajstić information content (AvgIpc) is 2.72. The van der Waals surface area contributed by atoms with Crippen molar-refractivity contribution in [3.05, 3.63) is 48.0 Å². The molecule has 0 aliphatic rings. The van der Waals surface area contributed by atoms with Crippen molar-refractivity contribution in [1.29, 1.82) is 0 Å². The summed E-state index contributed by atoms with van der Waals surface area (Å²) in [4.78, 5) is 24.2. The normalized spacial score (nSPS) is 12.2. The van der Waals surface area contributed by atoms with Crippen molar-refractivity contribution in [2.75, 3.05) is 33.6 Å². The number of ether oxygens (including phenoxy) is 2. The Hall–Kier alpha value is -3.11. The van der Waals surface area contributed by atoms with Crippen molar-refractivity contribution in [3.8, 4) is 11.5 Å². The standard InChI is InChI=1S/C21H27N3O6S/c1-14(25)22-18(15-6-9-17(29-4)10-7-15)13-21(26)23-16-8-11-19(30-5)20(12-16)31(27,28)24(2)3/h6-12,18H,13H2,1-5H3,(H,22,25)(H,23,26). The van der Waals surface area contributed by atoms with Gasteiger partial charge in [0, 0.05) is 26.7 Å². The van der Waals surface area contributed by atoms with Crippen LogP contribution in [0.25, 0.3) is 0 Å². The predicted molar refractivity (Wildman–Crippen MR) is 117 cm³/mol. The van der Waals surface area contributed by atoms with Gasteiger partial charge in [0.05, 0.1) is 26.7 Å². The van der Waals surface area contributed by atoms with Gasteiger partial charge in [-0.05, 0) is 35.9 Å². The number of benzene rings is 2. The van der Waals surface area contributed by atoms with Crippen molar-refractivity contribution < 1.29 is 27.5 Å². The van der Waals surface area contributed by atoms with Crippen molar-refractivity contribution >= 4 is 27.5 Å². The maximum atomic E-state index is 12.7. The maximum Gasteiger partial charge on any atom is 0.246 e. The van der Waals surface area contributed by atoms with Crippen LogP contribution in [0.15, 0.2) is 47.4 Å². The minimum Gasteiger partial charge on any atom is -0.497 e. The Bertz CT molecular complexity index is 1040. The third kappa shape index (κ3) is 6.19. The van der Waals surface area contributed by atoms with E-state index in [1.165, 1.54) is 40.3 Å². The lowest BCUT2D eigenvalue weighted by Gasteiger charge is -2.19. The summed E-state index contributed by atoms with van der Waals surface area (Å²) >= 11 is 0. The Morgan fingerprint density at radius 2 is 1.68 bits per heavy atom. The predicted octanol–water partition coefficient (Wildman–Crippen LogP) is 2.16. The SMILES string of the molecule is COc1ccc(C(CC(=O)Nc2ccc(OC)c(S(=O)(=O)N(C)C)c2)NC(C)=O)cc1. The molecule has 0 aliphatic heterocycles. The van der Waals surface area contributed by atoms with Crippen LogP contribution >= 0.6 is 0 Å². The second-order valence-electron chi connectivity index (χ2n) is 6.93. The first-order valence-corrected chi connectivity index (χ1v) is 10.8. The summed E-state index contributed by atoms with van der Waals surface area (Å²) in [5.74, 6) is 0.147. The lowest BCUT2D eigenvalue weighted by atomic mass is 10.0. The molecule has 1 atom stereocenters. The molecule has 0 bridgehead atoms. The Morgan fingerprint density at radius 1 is 1.03 bits per heavy atom. The van der Waals surface area contributed by atoms with Crippen LogP contribution in [0.4, 0.5) is 5.69 Å². The van der Waals surface area contributed by atoms with Crippen LogP contribution in [-0.4, -0.2) is 52.9 Å². The van der Waals surface area contributed by atoms with E-state index in [2.05, 4.69) is 10.6 Å². The number of rotatable bonds is 9. The molecule has 0 saturated heterocycles. The largest absolute Gasteiger partial charge is 0.497 e. The highest BCUT2D eigenvalue weighted by Gasteiger charge is 2.23. The van der Waals surface area contributed by atoms with Gasteiger partial charge in [0.15, 0.2) is 0 Å². The first-order valence-electron chi connectivity index (χ1n) is 9.40. The van der Waals surface area contributed by atoms with Gasteiger partial charge < -0.3 is 20.1 Å². The molecule has 2 amide bonds. The highest BCUT2D eigenvalue weighted by Crippen LogP contribution is 2.29. The second-order valence-corrected chi connectivity index (χ2v) is 9.05. The van der Waals surface area contributed by atoms with Crippen LogP contribution in [0, 0.1) is 0 Å².